The van der Waals surface area contributed by atoms with Gasteiger partial charge in [-0.2, -0.15) is 0 Å². The summed E-state index contributed by atoms with van der Waals surface area (Å²) in [6.45, 7) is 1.90. The van der Waals surface area contributed by atoms with E-state index in [-0.39, 0.29) is 5.75 Å². The number of benzene rings is 2. The Morgan fingerprint density at radius 2 is 1.79 bits per heavy atom. The van der Waals surface area contributed by atoms with Crippen molar-refractivity contribution in [2.45, 2.75) is 13.0 Å². The fraction of sp³-hybridized carbons (Fsp3) is 0.0909. The van der Waals surface area contributed by atoms with E-state index in [1.54, 1.807) is 18.3 Å². The maximum atomic E-state index is 11.0. The van der Waals surface area contributed by atoms with Crippen molar-refractivity contribution in [2.75, 3.05) is 5.32 Å². The van der Waals surface area contributed by atoms with E-state index >= 15 is 0 Å². The Morgan fingerprint density at radius 3 is 2.54 bits per heavy atom. The highest BCUT2D eigenvalue weighted by molar-refractivity contribution is 6.42. The minimum absolute atomic E-state index is 0.126. The largest absolute Gasteiger partial charge is 0.505 e. The predicted molar refractivity (Wildman–Crippen MR) is 114 cm³/mol. The van der Waals surface area contributed by atoms with Crippen LogP contribution in [0.3, 0.4) is 0 Å². The average molecular weight is 410 g/mol. The van der Waals surface area contributed by atoms with Crippen LogP contribution >= 0.6 is 23.2 Å². The number of rotatable bonds is 4. The Labute approximate surface area is 172 Å². The number of aryl methyl sites for hydroxylation is 1. The first kappa shape index (κ1) is 18.5. The Bertz CT molecular complexity index is 1150. The maximum Gasteiger partial charge on any atom is 0.147 e. The zero-order valence-electron chi connectivity index (χ0n) is 15.0. The van der Waals surface area contributed by atoms with Gasteiger partial charge in [-0.25, -0.2) is 9.97 Å². The monoisotopic (exact) mass is 409 g/mol. The zero-order chi connectivity index (χ0) is 19.7. The van der Waals surface area contributed by atoms with Gasteiger partial charge in [-0.1, -0.05) is 53.5 Å². The van der Waals surface area contributed by atoms with Crippen LogP contribution in [0, 0.1) is 6.92 Å². The normalized spacial score (nSPS) is 12.1. The molecule has 0 bridgehead atoms. The van der Waals surface area contributed by atoms with Crippen LogP contribution in [0.5, 0.6) is 5.75 Å². The molecule has 0 aliphatic rings. The fourth-order valence-electron chi connectivity index (χ4n) is 3.15. The number of halogens is 2. The van der Waals surface area contributed by atoms with Crippen molar-refractivity contribution in [1.82, 2.24) is 9.97 Å². The summed E-state index contributed by atoms with van der Waals surface area (Å²) in [6.07, 6.45) is 1.71. The highest BCUT2D eigenvalue weighted by Gasteiger charge is 2.21. The second-order valence-electron chi connectivity index (χ2n) is 6.49. The van der Waals surface area contributed by atoms with Crippen molar-refractivity contribution >= 4 is 39.9 Å². The van der Waals surface area contributed by atoms with E-state index in [9.17, 15) is 5.11 Å². The number of hydrogen-bond acceptors (Lipinski definition) is 4. The molecule has 140 valence electrons. The van der Waals surface area contributed by atoms with E-state index in [4.69, 9.17) is 23.2 Å². The van der Waals surface area contributed by atoms with Crippen LogP contribution in [-0.4, -0.2) is 15.1 Å². The van der Waals surface area contributed by atoms with Crippen molar-refractivity contribution in [1.29, 1.82) is 0 Å². The molecule has 2 aromatic carbocycles. The highest BCUT2D eigenvalue weighted by atomic mass is 35.5. The molecule has 0 aliphatic carbocycles. The van der Waals surface area contributed by atoms with E-state index in [0.29, 0.717) is 26.9 Å². The van der Waals surface area contributed by atoms with Crippen molar-refractivity contribution < 1.29 is 5.11 Å². The highest BCUT2D eigenvalue weighted by Crippen LogP contribution is 2.37. The predicted octanol–water partition coefficient (Wildman–Crippen LogP) is 6.15. The van der Waals surface area contributed by atoms with Crippen LogP contribution in [0.1, 0.15) is 22.9 Å². The smallest absolute Gasteiger partial charge is 0.147 e. The van der Waals surface area contributed by atoms with Gasteiger partial charge in [-0.15, -0.1) is 0 Å². The number of aromatic nitrogens is 2. The fourth-order valence-corrected chi connectivity index (χ4v) is 3.45. The summed E-state index contributed by atoms with van der Waals surface area (Å²) < 4.78 is 0. The molecule has 0 spiro atoms. The van der Waals surface area contributed by atoms with Crippen molar-refractivity contribution in [3.63, 3.8) is 0 Å². The molecule has 4 rings (SSSR count). The van der Waals surface area contributed by atoms with Crippen LogP contribution in [0.15, 0.2) is 66.9 Å². The summed E-state index contributed by atoms with van der Waals surface area (Å²) in [5, 5.41) is 16.2. The molecule has 0 fully saturated rings. The van der Waals surface area contributed by atoms with Gasteiger partial charge in [0.05, 0.1) is 16.1 Å². The third-order valence-corrected chi connectivity index (χ3v) is 5.29. The van der Waals surface area contributed by atoms with Gasteiger partial charge in [0.2, 0.25) is 0 Å². The van der Waals surface area contributed by atoms with Gasteiger partial charge in [-0.3, -0.25) is 0 Å². The summed E-state index contributed by atoms with van der Waals surface area (Å²) in [4.78, 5) is 8.86. The number of phenols is 1. The quantitative estimate of drug-likeness (QED) is 0.424. The Hall–Kier alpha value is -2.82. The third-order valence-electron chi connectivity index (χ3n) is 4.55. The van der Waals surface area contributed by atoms with Gasteiger partial charge >= 0.3 is 0 Å². The van der Waals surface area contributed by atoms with Gasteiger partial charge in [0.15, 0.2) is 0 Å². The van der Waals surface area contributed by atoms with Gasteiger partial charge < -0.3 is 10.4 Å². The lowest BCUT2D eigenvalue weighted by Gasteiger charge is -2.22. The molecular weight excluding hydrogens is 393 g/mol. The standard InChI is InChI=1S/C22H17Cl2N3O/c1-13-5-6-14-7-9-16(22(28)21(14)26-13)20(27-19-4-2-3-11-25-19)15-8-10-17(23)18(24)12-15/h2-12,20,28H,1H3,(H,25,27)/t20-/m0/s1. The van der Waals surface area contributed by atoms with Crippen LogP contribution in [0.4, 0.5) is 5.82 Å². The number of nitrogens with zero attached hydrogens (tertiary/aromatic N) is 2. The van der Waals surface area contributed by atoms with Gasteiger partial charge in [0.1, 0.15) is 17.1 Å². The molecule has 0 amide bonds. The minimum Gasteiger partial charge on any atom is -0.505 e. The molecule has 4 aromatic rings. The second kappa shape index (κ2) is 7.66. The molecule has 0 aliphatic heterocycles. The third kappa shape index (κ3) is 3.61. The number of anilines is 1. The molecule has 2 N–H and O–H groups in total. The summed E-state index contributed by atoms with van der Waals surface area (Å²) in [7, 11) is 0. The first-order valence-electron chi connectivity index (χ1n) is 8.74. The molecule has 6 heteroatoms. The topological polar surface area (TPSA) is 58.0 Å². The zero-order valence-corrected chi connectivity index (χ0v) is 16.5. The van der Waals surface area contributed by atoms with Crippen molar-refractivity contribution in [3.05, 3.63) is 93.7 Å². The van der Waals surface area contributed by atoms with E-state index in [1.807, 2.05) is 55.5 Å². The molecular formula is C22H17Cl2N3O. The molecule has 2 aromatic heterocycles. The second-order valence-corrected chi connectivity index (χ2v) is 7.31. The lowest BCUT2D eigenvalue weighted by molar-refractivity contribution is 0.471. The summed E-state index contributed by atoms with van der Waals surface area (Å²) in [6, 6.07) is 18.3. The van der Waals surface area contributed by atoms with E-state index in [2.05, 4.69) is 15.3 Å². The summed E-state index contributed by atoms with van der Waals surface area (Å²) in [5.74, 6) is 0.802. The molecule has 4 nitrogen and oxygen atoms in total. The van der Waals surface area contributed by atoms with Crippen LogP contribution in [0.2, 0.25) is 10.0 Å². The van der Waals surface area contributed by atoms with Crippen LogP contribution < -0.4 is 5.32 Å². The van der Waals surface area contributed by atoms with E-state index < -0.39 is 6.04 Å². The first-order valence-corrected chi connectivity index (χ1v) is 9.50. The lowest BCUT2D eigenvalue weighted by atomic mass is 9.96. The SMILES string of the molecule is Cc1ccc2ccc([C@@H](Nc3ccccn3)c3ccc(Cl)c(Cl)c3)c(O)c2n1. The van der Waals surface area contributed by atoms with Gasteiger partial charge in [0, 0.05) is 22.8 Å². The molecule has 1 atom stereocenters. The molecule has 0 saturated heterocycles. The summed E-state index contributed by atoms with van der Waals surface area (Å²) in [5.41, 5.74) is 2.92. The maximum absolute atomic E-state index is 11.0. The van der Waals surface area contributed by atoms with Crippen LogP contribution in [-0.2, 0) is 0 Å². The lowest BCUT2D eigenvalue weighted by Crippen LogP contribution is -2.13. The van der Waals surface area contributed by atoms with Gasteiger partial charge in [-0.05, 0) is 42.8 Å². The molecule has 2 heterocycles. The number of hydrogen-bond donors (Lipinski definition) is 2. The van der Waals surface area contributed by atoms with Gasteiger partial charge in [0.25, 0.3) is 0 Å². The van der Waals surface area contributed by atoms with E-state index in [1.165, 1.54) is 0 Å². The molecule has 0 unspecified atom stereocenters. The average Bonchev–Trinajstić information content (AvgIpc) is 2.70. The van der Waals surface area contributed by atoms with E-state index in [0.717, 1.165) is 16.6 Å². The van der Waals surface area contributed by atoms with Crippen molar-refractivity contribution in [2.24, 2.45) is 0 Å². The number of pyridine rings is 2. The van der Waals surface area contributed by atoms with Crippen molar-refractivity contribution in [3.8, 4) is 5.75 Å². The number of nitrogens with one attached hydrogen (secondary N) is 1. The molecule has 28 heavy (non-hydrogen) atoms. The Kier molecular flexibility index (Phi) is 5.07. The Morgan fingerprint density at radius 1 is 0.964 bits per heavy atom. The first-order chi connectivity index (χ1) is 13.5. The van der Waals surface area contributed by atoms with Crippen LogP contribution in [0.25, 0.3) is 10.9 Å². The summed E-state index contributed by atoms with van der Waals surface area (Å²) >= 11 is 12.3. The molecule has 0 radical (unpaired) electrons. The molecule has 0 saturated carbocycles. The number of fused-ring (bicyclic) bond motifs is 1. The minimum atomic E-state index is -0.392. The Balaban J connectivity index is 1.88. The number of phenolic OH excluding ortho intramolecular Hbond substituents is 1. The number of aromatic hydroxyl groups is 1.